The van der Waals surface area contributed by atoms with Crippen LogP contribution in [0.4, 0.5) is 0 Å². The monoisotopic (exact) mass is 330 g/mol. The molecule has 2 aromatic carbocycles. The van der Waals surface area contributed by atoms with Crippen LogP contribution in [0.15, 0.2) is 55.4 Å². The molecule has 1 aromatic heterocycles. The lowest BCUT2D eigenvalue weighted by Gasteiger charge is -2.23. The van der Waals surface area contributed by atoms with Crippen molar-refractivity contribution in [2.75, 3.05) is 0 Å². The lowest BCUT2D eigenvalue weighted by atomic mass is 9.83. The lowest BCUT2D eigenvalue weighted by Crippen LogP contribution is -2.14. The fraction of sp³-hybridized carbons (Fsp3) is 0.261. The quantitative estimate of drug-likeness (QED) is 0.567. The summed E-state index contributed by atoms with van der Waals surface area (Å²) in [4.78, 5) is 4.70. The molecule has 0 unspecified atom stereocenters. The molecule has 0 N–H and O–H groups in total. The highest BCUT2D eigenvalue weighted by Gasteiger charge is 2.21. The molecule has 0 saturated carbocycles. The van der Waals surface area contributed by atoms with E-state index in [2.05, 4.69) is 88.4 Å². The summed E-state index contributed by atoms with van der Waals surface area (Å²) in [5.41, 5.74) is 7.35. The molecule has 128 valence electrons. The summed E-state index contributed by atoms with van der Waals surface area (Å²) in [6.45, 7) is 14.9. The lowest BCUT2D eigenvalue weighted by molar-refractivity contribution is 0.591. The highest BCUT2D eigenvalue weighted by molar-refractivity contribution is 5.67. The minimum Gasteiger partial charge on any atom is -0.299 e. The molecule has 0 aliphatic rings. The largest absolute Gasteiger partial charge is 0.299 e. The first kappa shape index (κ1) is 17.2. The van der Waals surface area contributed by atoms with Crippen LogP contribution in [-0.4, -0.2) is 9.55 Å². The number of aromatic nitrogens is 2. The summed E-state index contributed by atoms with van der Waals surface area (Å²) in [6, 6.07) is 12.9. The van der Waals surface area contributed by atoms with Crippen LogP contribution in [-0.2, 0) is 5.41 Å². The molecule has 1 heterocycles. The van der Waals surface area contributed by atoms with E-state index in [1.165, 1.54) is 27.9 Å². The zero-order chi connectivity index (χ0) is 18.2. The maximum Gasteiger partial charge on any atom is 0.144 e. The summed E-state index contributed by atoms with van der Waals surface area (Å²) in [6.07, 6.45) is 5.83. The number of hydrogen-bond donors (Lipinski definition) is 0. The van der Waals surface area contributed by atoms with E-state index in [-0.39, 0.29) is 5.41 Å². The number of imidazole rings is 1. The molecular weight excluding hydrogens is 304 g/mol. The second kappa shape index (κ2) is 6.36. The second-order valence-corrected chi connectivity index (χ2v) is 7.62. The number of hydrogen-bond acceptors (Lipinski definition) is 1. The topological polar surface area (TPSA) is 17.8 Å². The average Bonchev–Trinajstić information content (AvgIpc) is 3.02. The predicted molar refractivity (Wildman–Crippen MR) is 107 cm³/mol. The third-order valence-electron chi connectivity index (χ3n) is 4.61. The van der Waals surface area contributed by atoms with Crippen LogP contribution in [0.3, 0.4) is 0 Å². The Morgan fingerprint density at radius 1 is 1.04 bits per heavy atom. The molecule has 0 aliphatic heterocycles. The van der Waals surface area contributed by atoms with Gasteiger partial charge in [0.25, 0.3) is 0 Å². The van der Waals surface area contributed by atoms with Gasteiger partial charge < -0.3 is 0 Å². The Labute approximate surface area is 150 Å². The highest BCUT2D eigenvalue weighted by Crippen LogP contribution is 2.34. The van der Waals surface area contributed by atoms with E-state index in [4.69, 9.17) is 4.98 Å². The van der Waals surface area contributed by atoms with Crippen molar-refractivity contribution in [1.29, 1.82) is 0 Å². The van der Waals surface area contributed by atoms with Crippen LogP contribution in [0.2, 0.25) is 0 Å². The molecule has 0 bridgehead atoms. The molecule has 0 amide bonds. The van der Waals surface area contributed by atoms with E-state index >= 15 is 0 Å². The third kappa shape index (κ3) is 3.17. The van der Waals surface area contributed by atoms with Gasteiger partial charge in [-0.1, -0.05) is 57.7 Å². The van der Waals surface area contributed by atoms with Crippen molar-refractivity contribution in [1.82, 2.24) is 9.55 Å². The molecule has 0 fully saturated rings. The Morgan fingerprint density at radius 2 is 1.68 bits per heavy atom. The summed E-state index contributed by atoms with van der Waals surface area (Å²) in [5.74, 6) is 0.989. The van der Waals surface area contributed by atoms with Gasteiger partial charge in [-0.05, 0) is 53.6 Å². The molecule has 2 nitrogen and oxygen atoms in total. The number of aryl methyl sites for hydroxylation is 2. The Hall–Kier alpha value is -2.61. The van der Waals surface area contributed by atoms with Crippen molar-refractivity contribution in [2.45, 2.75) is 40.0 Å². The molecule has 3 rings (SSSR count). The highest BCUT2D eigenvalue weighted by atomic mass is 15.1. The first-order valence-electron chi connectivity index (χ1n) is 8.70. The van der Waals surface area contributed by atoms with Gasteiger partial charge in [0, 0.05) is 18.0 Å². The van der Waals surface area contributed by atoms with Crippen LogP contribution >= 0.6 is 0 Å². The smallest absolute Gasteiger partial charge is 0.144 e. The van der Waals surface area contributed by atoms with Crippen molar-refractivity contribution in [3.05, 3.63) is 77.6 Å². The van der Waals surface area contributed by atoms with E-state index in [0.717, 1.165) is 11.4 Å². The van der Waals surface area contributed by atoms with Crippen molar-refractivity contribution >= 4 is 6.08 Å². The number of rotatable bonds is 3. The summed E-state index contributed by atoms with van der Waals surface area (Å²) >= 11 is 0. The Kier molecular flexibility index (Phi) is 4.38. The van der Waals surface area contributed by atoms with Gasteiger partial charge in [-0.15, -0.1) is 0 Å². The van der Waals surface area contributed by atoms with Crippen LogP contribution in [0.25, 0.3) is 23.2 Å². The van der Waals surface area contributed by atoms with Crippen molar-refractivity contribution in [2.24, 2.45) is 0 Å². The predicted octanol–water partition coefficient (Wildman–Crippen LogP) is 6.10. The first-order valence-corrected chi connectivity index (χ1v) is 8.70. The summed E-state index contributed by atoms with van der Waals surface area (Å²) in [7, 11) is 0. The maximum absolute atomic E-state index is 4.70. The van der Waals surface area contributed by atoms with Gasteiger partial charge in [0.2, 0.25) is 0 Å². The molecule has 0 atom stereocenters. The Balaban J connectivity index is 2.24. The first-order chi connectivity index (χ1) is 11.8. The molecule has 0 aliphatic carbocycles. The van der Waals surface area contributed by atoms with Gasteiger partial charge in [-0.2, -0.15) is 0 Å². The third-order valence-corrected chi connectivity index (χ3v) is 4.61. The van der Waals surface area contributed by atoms with Gasteiger partial charge in [0.1, 0.15) is 5.82 Å². The van der Waals surface area contributed by atoms with Gasteiger partial charge in [0.15, 0.2) is 0 Å². The Bertz CT molecular complexity index is 900. The van der Waals surface area contributed by atoms with Crippen molar-refractivity contribution < 1.29 is 0 Å². The fourth-order valence-electron chi connectivity index (χ4n) is 3.50. The zero-order valence-corrected chi connectivity index (χ0v) is 15.8. The average molecular weight is 330 g/mol. The standard InChI is InChI=1S/C23H26N2/c1-7-18-14-16(2)21(17(3)15-18)25-13-12-24-22(25)19-10-8-9-11-20(19)23(4,5)6/h7-15H,1H2,2-6H3. The zero-order valence-electron chi connectivity index (χ0n) is 15.8. The molecule has 3 aromatic rings. The van der Waals surface area contributed by atoms with Gasteiger partial charge in [-0.3, -0.25) is 4.57 Å². The Morgan fingerprint density at radius 3 is 2.28 bits per heavy atom. The van der Waals surface area contributed by atoms with E-state index in [0.29, 0.717) is 0 Å². The van der Waals surface area contributed by atoms with Crippen LogP contribution in [0.5, 0.6) is 0 Å². The fourth-order valence-corrected chi connectivity index (χ4v) is 3.50. The molecule has 0 saturated heterocycles. The van der Waals surface area contributed by atoms with Gasteiger partial charge in [0.05, 0.1) is 5.69 Å². The van der Waals surface area contributed by atoms with E-state index in [9.17, 15) is 0 Å². The van der Waals surface area contributed by atoms with Crippen molar-refractivity contribution in [3.63, 3.8) is 0 Å². The molecule has 2 heteroatoms. The van der Waals surface area contributed by atoms with Crippen LogP contribution in [0, 0.1) is 13.8 Å². The van der Waals surface area contributed by atoms with Crippen LogP contribution in [0.1, 0.15) is 43.0 Å². The maximum atomic E-state index is 4.70. The molecule has 25 heavy (non-hydrogen) atoms. The van der Waals surface area contributed by atoms with Crippen LogP contribution < -0.4 is 0 Å². The molecule has 0 spiro atoms. The SMILES string of the molecule is C=Cc1cc(C)c(-n2ccnc2-c2ccccc2C(C)(C)C)c(C)c1. The van der Waals surface area contributed by atoms with E-state index in [1.807, 2.05) is 12.3 Å². The van der Waals surface area contributed by atoms with Gasteiger partial charge >= 0.3 is 0 Å². The van der Waals surface area contributed by atoms with E-state index < -0.39 is 0 Å². The summed E-state index contributed by atoms with van der Waals surface area (Å²) in [5, 5.41) is 0. The molecular formula is C23H26N2. The minimum atomic E-state index is 0.0597. The van der Waals surface area contributed by atoms with E-state index in [1.54, 1.807) is 0 Å². The summed E-state index contributed by atoms with van der Waals surface area (Å²) < 4.78 is 2.21. The number of benzene rings is 2. The molecule has 0 radical (unpaired) electrons. The number of nitrogens with zero attached hydrogens (tertiary/aromatic N) is 2. The second-order valence-electron chi connectivity index (χ2n) is 7.62. The normalized spacial score (nSPS) is 11.6. The van der Waals surface area contributed by atoms with Gasteiger partial charge in [-0.25, -0.2) is 4.98 Å². The van der Waals surface area contributed by atoms with Crippen molar-refractivity contribution in [3.8, 4) is 17.1 Å². The minimum absolute atomic E-state index is 0.0597.